The summed E-state index contributed by atoms with van der Waals surface area (Å²) in [6.07, 6.45) is 0. The summed E-state index contributed by atoms with van der Waals surface area (Å²) in [7, 11) is 1.53. The predicted molar refractivity (Wildman–Crippen MR) is 113 cm³/mol. The second kappa shape index (κ2) is 10.7. The molecule has 3 aromatic carbocycles. The van der Waals surface area contributed by atoms with E-state index in [4.69, 9.17) is 14.2 Å². The SMILES string of the molecule is COc1ccc(C(=O)c2ccccc2)c(OCC(=O)NCCOc2ccccc2)c1. The third-order valence-electron chi connectivity index (χ3n) is 4.26. The zero-order valence-electron chi connectivity index (χ0n) is 16.7. The Bertz CT molecular complexity index is 973. The summed E-state index contributed by atoms with van der Waals surface area (Å²) < 4.78 is 16.4. The van der Waals surface area contributed by atoms with E-state index in [2.05, 4.69) is 5.32 Å². The van der Waals surface area contributed by atoms with Crippen molar-refractivity contribution in [3.63, 3.8) is 0 Å². The number of benzene rings is 3. The lowest BCUT2D eigenvalue weighted by molar-refractivity contribution is -0.123. The van der Waals surface area contributed by atoms with Crippen LogP contribution in [-0.2, 0) is 4.79 Å². The summed E-state index contributed by atoms with van der Waals surface area (Å²) in [5.41, 5.74) is 0.900. The van der Waals surface area contributed by atoms with Crippen molar-refractivity contribution in [2.45, 2.75) is 0 Å². The van der Waals surface area contributed by atoms with Crippen molar-refractivity contribution in [2.75, 3.05) is 26.9 Å². The smallest absolute Gasteiger partial charge is 0.258 e. The zero-order valence-corrected chi connectivity index (χ0v) is 16.7. The van der Waals surface area contributed by atoms with Gasteiger partial charge in [0.15, 0.2) is 12.4 Å². The van der Waals surface area contributed by atoms with Gasteiger partial charge in [-0.05, 0) is 24.3 Å². The second-order valence-electron chi connectivity index (χ2n) is 6.36. The maximum atomic E-state index is 12.8. The summed E-state index contributed by atoms with van der Waals surface area (Å²) in [6.45, 7) is 0.450. The molecule has 0 fully saturated rings. The van der Waals surface area contributed by atoms with Gasteiger partial charge in [0.1, 0.15) is 23.9 Å². The molecule has 0 saturated carbocycles. The van der Waals surface area contributed by atoms with Crippen LogP contribution in [0.15, 0.2) is 78.9 Å². The summed E-state index contributed by atoms with van der Waals surface area (Å²) >= 11 is 0. The van der Waals surface area contributed by atoms with Crippen molar-refractivity contribution < 1.29 is 23.8 Å². The van der Waals surface area contributed by atoms with Crippen LogP contribution in [0.1, 0.15) is 15.9 Å². The van der Waals surface area contributed by atoms with Crippen LogP contribution in [0.25, 0.3) is 0 Å². The van der Waals surface area contributed by atoms with E-state index in [-0.39, 0.29) is 18.3 Å². The number of rotatable bonds is 10. The Morgan fingerprint density at radius 1 is 0.833 bits per heavy atom. The first-order chi connectivity index (χ1) is 14.7. The van der Waals surface area contributed by atoms with Crippen molar-refractivity contribution >= 4 is 11.7 Å². The largest absolute Gasteiger partial charge is 0.497 e. The standard InChI is InChI=1S/C24H23NO5/c1-28-20-12-13-21(24(27)18-8-4-2-5-9-18)22(16-20)30-17-23(26)25-14-15-29-19-10-6-3-7-11-19/h2-13,16H,14-15,17H2,1H3,(H,25,26). The quantitative estimate of drug-likeness (QED) is 0.413. The number of hydrogen-bond donors (Lipinski definition) is 1. The van der Waals surface area contributed by atoms with E-state index >= 15 is 0 Å². The Labute approximate surface area is 175 Å². The van der Waals surface area contributed by atoms with Crippen molar-refractivity contribution in [1.29, 1.82) is 0 Å². The van der Waals surface area contributed by atoms with Crippen LogP contribution < -0.4 is 19.5 Å². The Morgan fingerprint density at radius 2 is 1.53 bits per heavy atom. The van der Waals surface area contributed by atoms with E-state index < -0.39 is 0 Å². The van der Waals surface area contributed by atoms with Crippen LogP contribution in [0, 0.1) is 0 Å². The lowest BCUT2D eigenvalue weighted by Gasteiger charge is -2.13. The van der Waals surface area contributed by atoms with Crippen molar-refractivity contribution in [2.24, 2.45) is 0 Å². The summed E-state index contributed by atoms with van der Waals surface area (Å²) in [5.74, 6) is 1.06. The molecule has 6 nitrogen and oxygen atoms in total. The minimum atomic E-state index is -0.312. The summed E-state index contributed by atoms with van der Waals surface area (Å²) in [6, 6.07) is 23.2. The molecule has 154 valence electrons. The molecule has 0 heterocycles. The van der Waals surface area contributed by atoms with Gasteiger partial charge in [-0.15, -0.1) is 0 Å². The molecule has 3 rings (SSSR count). The third kappa shape index (κ3) is 5.85. The first kappa shape index (κ1) is 20.9. The molecule has 0 aromatic heterocycles. The maximum Gasteiger partial charge on any atom is 0.258 e. The van der Waals surface area contributed by atoms with Gasteiger partial charge in [0.2, 0.25) is 0 Å². The number of ether oxygens (including phenoxy) is 3. The third-order valence-corrected chi connectivity index (χ3v) is 4.26. The average molecular weight is 405 g/mol. The number of carbonyl (C=O) groups excluding carboxylic acids is 2. The Kier molecular flexibility index (Phi) is 7.44. The average Bonchev–Trinajstić information content (AvgIpc) is 2.81. The van der Waals surface area contributed by atoms with Gasteiger partial charge in [0.25, 0.3) is 5.91 Å². The van der Waals surface area contributed by atoms with E-state index in [1.54, 1.807) is 42.5 Å². The molecule has 0 aliphatic carbocycles. The van der Waals surface area contributed by atoms with Gasteiger partial charge in [-0.1, -0.05) is 48.5 Å². The molecule has 0 saturated heterocycles. The van der Waals surface area contributed by atoms with Crippen LogP contribution in [0.2, 0.25) is 0 Å². The lowest BCUT2D eigenvalue weighted by Crippen LogP contribution is -2.32. The number of ketones is 1. The first-order valence-electron chi connectivity index (χ1n) is 9.52. The van der Waals surface area contributed by atoms with Crippen molar-refractivity contribution in [1.82, 2.24) is 5.32 Å². The minimum Gasteiger partial charge on any atom is -0.497 e. The van der Waals surface area contributed by atoms with Crippen LogP contribution in [-0.4, -0.2) is 38.6 Å². The molecule has 1 N–H and O–H groups in total. The number of methoxy groups -OCH3 is 1. The van der Waals surface area contributed by atoms with Gasteiger partial charge in [-0.25, -0.2) is 0 Å². The fourth-order valence-electron chi connectivity index (χ4n) is 2.75. The van der Waals surface area contributed by atoms with Gasteiger partial charge >= 0.3 is 0 Å². The highest BCUT2D eigenvalue weighted by Crippen LogP contribution is 2.27. The fourth-order valence-corrected chi connectivity index (χ4v) is 2.75. The van der Waals surface area contributed by atoms with Crippen LogP contribution >= 0.6 is 0 Å². The van der Waals surface area contributed by atoms with E-state index in [0.717, 1.165) is 5.75 Å². The highest BCUT2D eigenvalue weighted by Gasteiger charge is 2.16. The number of amides is 1. The molecule has 0 unspecified atom stereocenters. The molecular weight excluding hydrogens is 382 g/mol. The molecule has 3 aromatic rings. The van der Waals surface area contributed by atoms with E-state index in [1.807, 2.05) is 36.4 Å². The topological polar surface area (TPSA) is 73.9 Å². The number of hydrogen-bond acceptors (Lipinski definition) is 5. The van der Waals surface area contributed by atoms with Gasteiger partial charge in [0.05, 0.1) is 19.2 Å². The molecule has 0 aliphatic heterocycles. The molecule has 6 heteroatoms. The van der Waals surface area contributed by atoms with Gasteiger partial charge in [0, 0.05) is 11.6 Å². The Balaban J connectivity index is 1.57. The van der Waals surface area contributed by atoms with E-state index in [1.165, 1.54) is 7.11 Å². The maximum absolute atomic E-state index is 12.8. The molecule has 30 heavy (non-hydrogen) atoms. The molecule has 0 spiro atoms. The van der Waals surface area contributed by atoms with Crippen LogP contribution in [0.4, 0.5) is 0 Å². The summed E-state index contributed by atoms with van der Waals surface area (Å²) in [4.78, 5) is 24.9. The zero-order chi connectivity index (χ0) is 21.2. The highest BCUT2D eigenvalue weighted by molar-refractivity contribution is 6.10. The molecular formula is C24H23NO5. The van der Waals surface area contributed by atoms with Crippen molar-refractivity contribution in [3.8, 4) is 17.2 Å². The molecule has 0 bridgehead atoms. The lowest BCUT2D eigenvalue weighted by atomic mass is 10.0. The van der Waals surface area contributed by atoms with Crippen molar-refractivity contribution in [3.05, 3.63) is 90.0 Å². The fraction of sp³-hybridized carbons (Fsp3) is 0.167. The Hall–Kier alpha value is -3.80. The number of para-hydroxylation sites is 1. The second-order valence-corrected chi connectivity index (χ2v) is 6.36. The van der Waals surface area contributed by atoms with Gasteiger partial charge < -0.3 is 19.5 Å². The normalized spacial score (nSPS) is 10.2. The molecule has 0 aliphatic rings. The molecule has 0 atom stereocenters. The highest BCUT2D eigenvalue weighted by atomic mass is 16.5. The predicted octanol–water partition coefficient (Wildman–Crippen LogP) is 3.50. The summed E-state index contributed by atoms with van der Waals surface area (Å²) in [5, 5.41) is 2.73. The van der Waals surface area contributed by atoms with Crippen LogP contribution in [0.3, 0.4) is 0 Å². The van der Waals surface area contributed by atoms with Gasteiger partial charge in [-0.2, -0.15) is 0 Å². The van der Waals surface area contributed by atoms with E-state index in [9.17, 15) is 9.59 Å². The Morgan fingerprint density at radius 3 is 2.23 bits per heavy atom. The monoisotopic (exact) mass is 405 g/mol. The molecule has 1 amide bonds. The minimum absolute atomic E-state index is 0.190. The first-order valence-corrected chi connectivity index (χ1v) is 9.52. The van der Waals surface area contributed by atoms with Gasteiger partial charge in [-0.3, -0.25) is 9.59 Å². The number of nitrogens with one attached hydrogen (secondary N) is 1. The van der Waals surface area contributed by atoms with E-state index in [0.29, 0.717) is 35.8 Å². The number of carbonyl (C=O) groups is 2. The van der Waals surface area contributed by atoms with Crippen LogP contribution in [0.5, 0.6) is 17.2 Å². The molecule has 0 radical (unpaired) electrons.